The summed E-state index contributed by atoms with van der Waals surface area (Å²) in [5.41, 5.74) is 1.60. The number of hydrogen-bond donors (Lipinski definition) is 1. The zero-order valence-corrected chi connectivity index (χ0v) is 12.9. The summed E-state index contributed by atoms with van der Waals surface area (Å²) in [6, 6.07) is 9.28. The fraction of sp³-hybridized carbons (Fsp3) is 0.647. The Morgan fingerprint density at radius 2 is 2.15 bits per heavy atom. The van der Waals surface area contributed by atoms with Crippen LogP contribution in [0.15, 0.2) is 24.3 Å². The van der Waals surface area contributed by atoms with Gasteiger partial charge in [0.1, 0.15) is 12.4 Å². The molecule has 0 saturated carbocycles. The largest absolute Gasteiger partial charge is 0.492 e. The number of likely N-dealkylation sites (tertiary alicyclic amines) is 1. The summed E-state index contributed by atoms with van der Waals surface area (Å²) >= 11 is 0. The van der Waals surface area contributed by atoms with Crippen molar-refractivity contribution >= 4 is 0 Å². The molecule has 0 bridgehead atoms. The summed E-state index contributed by atoms with van der Waals surface area (Å²) in [4.78, 5) is 2.65. The molecule has 3 heteroatoms. The van der Waals surface area contributed by atoms with Gasteiger partial charge in [-0.25, -0.2) is 0 Å². The van der Waals surface area contributed by atoms with Crippen molar-refractivity contribution < 1.29 is 4.74 Å². The highest BCUT2D eigenvalue weighted by atomic mass is 16.5. The number of ether oxygens (including phenoxy) is 1. The Morgan fingerprint density at radius 1 is 1.35 bits per heavy atom. The Morgan fingerprint density at radius 3 is 2.85 bits per heavy atom. The van der Waals surface area contributed by atoms with Gasteiger partial charge in [-0.2, -0.15) is 0 Å². The van der Waals surface area contributed by atoms with Crippen LogP contribution >= 0.6 is 0 Å². The van der Waals surface area contributed by atoms with Crippen LogP contribution in [-0.4, -0.2) is 36.2 Å². The average molecular weight is 274 g/mol. The summed E-state index contributed by atoms with van der Waals surface area (Å²) in [5, 5.41) is 3.68. The molecule has 0 aliphatic carbocycles. The average Bonchev–Trinajstić information content (AvgIpc) is 2.79. The van der Waals surface area contributed by atoms with Gasteiger partial charge in [-0.05, 0) is 45.8 Å². The maximum absolute atomic E-state index is 6.04. The minimum absolute atomic E-state index is 0.286. The molecule has 20 heavy (non-hydrogen) atoms. The standard InChI is InChI=1S/C17H26N2O/c1-4-18-16-13-8-5-6-9-15(13)20-12-14(16)19-11-7-10-17(19,2)3/h5-6,8-9,14,16,18H,4,7,10-12H2,1-3H3. The van der Waals surface area contributed by atoms with Crippen LogP contribution in [0.4, 0.5) is 0 Å². The predicted octanol–water partition coefficient (Wildman–Crippen LogP) is 2.97. The van der Waals surface area contributed by atoms with E-state index < -0.39 is 0 Å². The van der Waals surface area contributed by atoms with Crippen LogP contribution in [0.2, 0.25) is 0 Å². The van der Waals surface area contributed by atoms with E-state index in [4.69, 9.17) is 4.74 Å². The summed E-state index contributed by atoms with van der Waals surface area (Å²) in [6.45, 7) is 9.88. The van der Waals surface area contributed by atoms with Crippen LogP contribution < -0.4 is 10.1 Å². The second-order valence-electron chi connectivity index (χ2n) is 6.56. The van der Waals surface area contributed by atoms with Crippen LogP contribution in [0.5, 0.6) is 5.75 Å². The summed E-state index contributed by atoms with van der Waals surface area (Å²) < 4.78 is 6.04. The number of hydrogen-bond acceptors (Lipinski definition) is 3. The molecule has 2 atom stereocenters. The van der Waals surface area contributed by atoms with Crippen molar-refractivity contribution in [2.24, 2.45) is 0 Å². The fourth-order valence-corrected chi connectivity index (χ4v) is 3.83. The SMILES string of the molecule is CCNC1c2ccccc2OCC1N1CCCC1(C)C. The van der Waals surface area contributed by atoms with E-state index in [1.807, 2.05) is 0 Å². The molecule has 2 heterocycles. The van der Waals surface area contributed by atoms with Crippen molar-refractivity contribution in [2.75, 3.05) is 19.7 Å². The van der Waals surface area contributed by atoms with Crippen LogP contribution in [0.1, 0.15) is 45.2 Å². The maximum atomic E-state index is 6.04. The summed E-state index contributed by atoms with van der Waals surface area (Å²) in [5.74, 6) is 1.05. The van der Waals surface area contributed by atoms with Crippen LogP contribution in [0, 0.1) is 0 Å². The molecule has 3 nitrogen and oxygen atoms in total. The second-order valence-corrected chi connectivity index (χ2v) is 6.56. The van der Waals surface area contributed by atoms with Gasteiger partial charge in [0.15, 0.2) is 0 Å². The first-order chi connectivity index (χ1) is 9.63. The molecule has 1 N–H and O–H groups in total. The molecule has 1 fully saturated rings. The van der Waals surface area contributed by atoms with Crippen LogP contribution in [0.25, 0.3) is 0 Å². The van der Waals surface area contributed by atoms with Crippen molar-refractivity contribution in [2.45, 2.75) is 51.2 Å². The summed E-state index contributed by atoms with van der Waals surface area (Å²) in [6.07, 6.45) is 2.58. The number of para-hydroxylation sites is 1. The first-order valence-corrected chi connectivity index (χ1v) is 7.85. The third-order valence-electron chi connectivity index (χ3n) is 4.84. The molecular formula is C17H26N2O. The molecular weight excluding hydrogens is 248 g/mol. The van der Waals surface area contributed by atoms with E-state index in [-0.39, 0.29) is 5.54 Å². The van der Waals surface area contributed by atoms with Gasteiger partial charge in [-0.15, -0.1) is 0 Å². The molecule has 2 aliphatic heterocycles. The van der Waals surface area contributed by atoms with Gasteiger partial charge in [-0.3, -0.25) is 4.90 Å². The molecule has 1 aromatic carbocycles. The number of rotatable bonds is 3. The van der Waals surface area contributed by atoms with Gasteiger partial charge < -0.3 is 10.1 Å². The fourth-order valence-electron chi connectivity index (χ4n) is 3.83. The maximum Gasteiger partial charge on any atom is 0.124 e. The van der Waals surface area contributed by atoms with Gasteiger partial charge in [0.2, 0.25) is 0 Å². The first kappa shape index (κ1) is 13.9. The van der Waals surface area contributed by atoms with E-state index in [1.54, 1.807) is 0 Å². The van der Waals surface area contributed by atoms with Gasteiger partial charge in [0.05, 0.1) is 12.1 Å². The minimum Gasteiger partial charge on any atom is -0.492 e. The van der Waals surface area contributed by atoms with Crippen LogP contribution in [0.3, 0.4) is 0 Å². The third-order valence-corrected chi connectivity index (χ3v) is 4.84. The molecule has 110 valence electrons. The molecule has 0 amide bonds. The van der Waals surface area contributed by atoms with Gasteiger partial charge in [0.25, 0.3) is 0 Å². The number of nitrogens with one attached hydrogen (secondary N) is 1. The van der Waals surface area contributed by atoms with E-state index >= 15 is 0 Å². The van der Waals surface area contributed by atoms with Gasteiger partial charge in [0, 0.05) is 11.1 Å². The van der Waals surface area contributed by atoms with E-state index in [0.717, 1.165) is 18.9 Å². The van der Waals surface area contributed by atoms with E-state index in [0.29, 0.717) is 12.1 Å². The second kappa shape index (κ2) is 5.38. The highest BCUT2D eigenvalue weighted by Gasteiger charge is 2.42. The molecule has 1 saturated heterocycles. The van der Waals surface area contributed by atoms with Crippen molar-refractivity contribution in [1.82, 2.24) is 10.2 Å². The highest BCUT2D eigenvalue weighted by Crippen LogP contribution is 2.39. The number of fused-ring (bicyclic) bond motifs is 1. The summed E-state index contributed by atoms with van der Waals surface area (Å²) in [7, 11) is 0. The highest BCUT2D eigenvalue weighted by molar-refractivity contribution is 5.39. The van der Waals surface area contributed by atoms with Crippen molar-refractivity contribution in [3.63, 3.8) is 0 Å². The molecule has 1 aromatic rings. The monoisotopic (exact) mass is 274 g/mol. The number of nitrogens with zero attached hydrogens (tertiary/aromatic N) is 1. The van der Waals surface area contributed by atoms with E-state index in [2.05, 4.69) is 55.3 Å². The van der Waals surface area contributed by atoms with Crippen LogP contribution in [-0.2, 0) is 0 Å². The van der Waals surface area contributed by atoms with Gasteiger partial charge in [-0.1, -0.05) is 25.1 Å². The number of likely N-dealkylation sites (N-methyl/N-ethyl adjacent to an activating group) is 1. The van der Waals surface area contributed by atoms with Crippen molar-refractivity contribution in [3.05, 3.63) is 29.8 Å². The van der Waals surface area contributed by atoms with Crippen molar-refractivity contribution in [3.8, 4) is 5.75 Å². The quantitative estimate of drug-likeness (QED) is 0.917. The Bertz CT molecular complexity index is 472. The Balaban J connectivity index is 1.92. The molecule has 2 aliphatic rings. The molecule has 2 unspecified atom stereocenters. The Labute approximate surface area is 122 Å². The molecule has 3 rings (SSSR count). The zero-order valence-electron chi connectivity index (χ0n) is 12.9. The third kappa shape index (κ3) is 2.33. The molecule has 0 radical (unpaired) electrons. The van der Waals surface area contributed by atoms with Gasteiger partial charge >= 0.3 is 0 Å². The topological polar surface area (TPSA) is 24.5 Å². The van der Waals surface area contributed by atoms with E-state index in [1.165, 1.54) is 24.9 Å². The zero-order chi connectivity index (χ0) is 14.2. The predicted molar refractivity (Wildman–Crippen MR) is 82.2 cm³/mol. The lowest BCUT2D eigenvalue weighted by Gasteiger charge is -2.45. The smallest absolute Gasteiger partial charge is 0.124 e. The molecule has 0 aromatic heterocycles. The first-order valence-electron chi connectivity index (χ1n) is 7.85. The lowest BCUT2D eigenvalue weighted by atomic mass is 9.92. The lowest BCUT2D eigenvalue weighted by Crippen LogP contribution is -2.55. The molecule has 0 spiro atoms. The number of benzene rings is 1. The Hall–Kier alpha value is -1.06. The van der Waals surface area contributed by atoms with E-state index in [9.17, 15) is 0 Å². The lowest BCUT2D eigenvalue weighted by molar-refractivity contribution is 0.0423. The minimum atomic E-state index is 0.286. The Kier molecular flexibility index (Phi) is 3.74. The van der Waals surface area contributed by atoms with Crippen molar-refractivity contribution in [1.29, 1.82) is 0 Å². The normalized spacial score (nSPS) is 28.9.